The van der Waals surface area contributed by atoms with Gasteiger partial charge in [0.2, 0.25) is 5.91 Å². The van der Waals surface area contributed by atoms with E-state index in [4.69, 9.17) is 0 Å². The van der Waals surface area contributed by atoms with Gasteiger partial charge in [-0.25, -0.2) is 0 Å². The molecule has 0 saturated carbocycles. The van der Waals surface area contributed by atoms with E-state index in [1.807, 2.05) is 0 Å². The molecule has 114 valence electrons. The SMILES string of the molecule is O=C(NCCCNC(=O)C1CCCN1)c1cccc(O)c1. The first-order valence-electron chi connectivity index (χ1n) is 7.25. The van der Waals surface area contributed by atoms with Crippen molar-refractivity contribution >= 4 is 11.8 Å². The summed E-state index contributed by atoms with van der Waals surface area (Å²) in [5, 5.41) is 18.0. The Morgan fingerprint density at radius 2 is 2.10 bits per heavy atom. The molecule has 1 heterocycles. The first-order chi connectivity index (χ1) is 10.2. The lowest BCUT2D eigenvalue weighted by Gasteiger charge is -2.11. The number of amides is 2. The molecule has 0 aromatic heterocycles. The molecule has 1 atom stereocenters. The molecule has 4 N–H and O–H groups in total. The quantitative estimate of drug-likeness (QED) is 0.570. The van der Waals surface area contributed by atoms with E-state index in [-0.39, 0.29) is 23.6 Å². The molecule has 1 unspecified atom stereocenters. The maximum Gasteiger partial charge on any atom is 0.251 e. The van der Waals surface area contributed by atoms with E-state index in [9.17, 15) is 14.7 Å². The molecule has 2 rings (SSSR count). The average molecular weight is 291 g/mol. The molecule has 1 aromatic rings. The summed E-state index contributed by atoms with van der Waals surface area (Å²) in [5.41, 5.74) is 0.425. The second-order valence-corrected chi connectivity index (χ2v) is 5.10. The maximum absolute atomic E-state index is 11.8. The standard InChI is InChI=1S/C15H21N3O3/c19-12-5-1-4-11(10-12)14(20)17-8-3-9-18-15(21)13-6-2-7-16-13/h1,4-5,10,13,16,19H,2-3,6-9H2,(H,17,20)(H,18,21). The second-order valence-electron chi connectivity index (χ2n) is 5.10. The lowest BCUT2D eigenvalue weighted by molar-refractivity contribution is -0.122. The van der Waals surface area contributed by atoms with Gasteiger partial charge in [-0.3, -0.25) is 9.59 Å². The van der Waals surface area contributed by atoms with Crippen LogP contribution in [0.2, 0.25) is 0 Å². The van der Waals surface area contributed by atoms with Crippen molar-refractivity contribution in [3.63, 3.8) is 0 Å². The van der Waals surface area contributed by atoms with Crippen LogP contribution in [0.25, 0.3) is 0 Å². The van der Waals surface area contributed by atoms with Crippen molar-refractivity contribution in [2.45, 2.75) is 25.3 Å². The van der Waals surface area contributed by atoms with Crippen molar-refractivity contribution in [1.82, 2.24) is 16.0 Å². The molecule has 0 spiro atoms. The van der Waals surface area contributed by atoms with Crippen LogP contribution in [0.1, 0.15) is 29.6 Å². The fourth-order valence-corrected chi connectivity index (χ4v) is 2.28. The number of phenolic OH excluding ortho intramolecular Hbond substituents is 1. The minimum Gasteiger partial charge on any atom is -0.508 e. The smallest absolute Gasteiger partial charge is 0.251 e. The van der Waals surface area contributed by atoms with Crippen molar-refractivity contribution in [3.8, 4) is 5.75 Å². The Morgan fingerprint density at radius 3 is 2.81 bits per heavy atom. The van der Waals surface area contributed by atoms with Gasteiger partial charge in [-0.15, -0.1) is 0 Å². The highest BCUT2D eigenvalue weighted by atomic mass is 16.3. The largest absolute Gasteiger partial charge is 0.508 e. The van der Waals surface area contributed by atoms with Gasteiger partial charge in [0.25, 0.3) is 5.91 Å². The molecule has 0 radical (unpaired) electrons. The van der Waals surface area contributed by atoms with Crippen LogP contribution >= 0.6 is 0 Å². The molecular formula is C15H21N3O3. The fourth-order valence-electron chi connectivity index (χ4n) is 2.28. The van der Waals surface area contributed by atoms with Gasteiger partial charge in [-0.05, 0) is 44.0 Å². The van der Waals surface area contributed by atoms with Crippen LogP contribution in [0.5, 0.6) is 5.75 Å². The number of aromatic hydroxyl groups is 1. The Morgan fingerprint density at radius 1 is 1.29 bits per heavy atom. The number of benzene rings is 1. The fraction of sp³-hybridized carbons (Fsp3) is 0.467. The molecule has 1 aliphatic heterocycles. The summed E-state index contributed by atoms with van der Waals surface area (Å²) < 4.78 is 0. The van der Waals surface area contributed by atoms with Gasteiger partial charge < -0.3 is 21.1 Å². The van der Waals surface area contributed by atoms with E-state index in [2.05, 4.69) is 16.0 Å². The summed E-state index contributed by atoms with van der Waals surface area (Å²) in [5.74, 6) is -0.125. The normalized spacial score (nSPS) is 17.4. The Balaban J connectivity index is 1.61. The number of carbonyl (C=O) groups excluding carboxylic acids is 2. The lowest BCUT2D eigenvalue weighted by Crippen LogP contribution is -2.41. The van der Waals surface area contributed by atoms with Gasteiger partial charge in [0, 0.05) is 18.7 Å². The van der Waals surface area contributed by atoms with Gasteiger partial charge in [0.05, 0.1) is 6.04 Å². The third-order valence-corrected chi connectivity index (χ3v) is 3.42. The average Bonchev–Trinajstić information content (AvgIpc) is 3.00. The topological polar surface area (TPSA) is 90.5 Å². The van der Waals surface area contributed by atoms with Crippen molar-refractivity contribution < 1.29 is 14.7 Å². The first kappa shape index (κ1) is 15.3. The number of phenols is 1. The first-order valence-corrected chi connectivity index (χ1v) is 7.25. The highest BCUT2D eigenvalue weighted by Crippen LogP contribution is 2.10. The van der Waals surface area contributed by atoms with Crippen LogP contribution in [-0.2, 0) is 4.79 Å². The zero-order chi connectivity index (χ0) is 15.1. The molecule has 1 aromatic carbocycles. The Labute approximate surface area is 123 Å². The summed E-state index contributed by atoms with van der Waals surface area (Å²) in [7, 11) is 0. The molecule has 0 aliphatic carbocycles. The van der Waals surface area contributed by atoms with E-state index in [0.717, 1.165) is 19.4 Å². The minimum absolute atomic E-state index is 0.0341. The predicted octanol–water partition coefficient (Wildman–Crippen LogP) is 0.380. The maximum atomic E-state index is 11.8. The van der Waals surface area contributed by atoms with Crippen LogP contribution in [0, 0.1) is 0 Å². The summed E-state index contributed by atoms with van der Waals surface area (Å²) in [6.45, 7) is 1.92. The van der Waals surface area contributed by atoms with Crippen molar-refractivity contribution in [2.75, 3.05) is 19.6 Å². The number of carbonyl (C=O) groups is 2. The van der Waals surface area contributed by atoms with E-state index in [1.165, 1.54) is 12.1 Å². The van der Waals surface area contributed by atoms with Crippen molar-refractivity contribution in [3.05, 3.63) is 29.8 Å². The zero-order valence-corrected chi connectivity index (χ0v) is 11.9. The van der Waals surface area contributed by atoms with Gasteiger partial charge in [-0.2, -0.15) is 0 Å². The lowest BCUT2D eigenvalue weighted by atomic mass is 10.2. The Kier molecular flexibility index (Phi) is 5.57. The van der Waals surface area contributed by atoms with Crippen LogP contribution in [0.3, 0.4) is 0 Å². The van der Waals surface area contributed by atoms with E-state index in [0.29, 0.717) is 25.1 Å². The van der Waals surface area contributed by atoms with Gasteiger partial charge in [0.15, 0.2) is 0 Å². The summed E-state index contributed by atoms with van der Waals surface area (Å²) in [6.07, 6.45) is 2.60. The number of rotatable bonds is 6. The zero-order valence-electron chi connectivity index (χ0n) is 11.9. The molecule has 1 saturated heterocycles. The highest BCUT2D eigenvalue weighted by Gasteiger charge is 2.21. The number of hydrogen-bond donors (Lipinski definition) is 4. The molecular weight excluding hydrogens is 270 g/mol. The van der Waals surface area contributed by atoms with Crippen LogP contribution in [0.15, 0.2) is 24.3 Å². The van der Waals surface area contributed by atoms with Gasteiger partial charge >= 0.3 is 0 Å². The minimum atomic E-state index is -0.227. The molecule has 1 aliphatic rings. The summed E-state index contributed by atoms with van der Waals surface area (Å²) in [4.78, 5) is 23.5. The van der Waals surface area contributed by atoms with Gasteiger partial charge in [-0.1, -0.05) is 6.07 Å². The molecule has 6 nitrogen and oxygen atoms in total. The highest BCUT2D eigenvalue weighted by molar-refractivity contribution is 5.94. The molecule has 2 amide bonds. The third kappa shape index (κ3) is 4.75. The van der Waals surface area contributed by atoms with Crippen molar-refractivity contribution in [2.24, 2.45) is 0 Å². The predicted molar refractivity (Wildman–Crippen MR) is 79.1 cm³/mol. The molecule has 1 fully saturated rings. The number of nitrogens with one attached hydrogen (secondary N) is 3. The monoisotopic (exact) mass is 291 g/mol. The number of hydrogen-bond acceptors (Lipinski definition) is 4. The van der Waals surface area contributed by atoms with E-state index in [1.54, 1.807) is 12.1 Å². The molecule has 0 bridgehead atoms. The van der Waals surface area contributed by atoms with E-state index >= 15 is 0 Å². The van der Waals surface area contributed by atoms with Gasteiger partial charge in [0.1, 0.15) is 5.75 Å². The molecule has 6 heteroatoms. The van der Waals surface area contributed by atoms with Crippen LogP contribution in [0.4, 0.5) is 0 Å². The van der Waals surface area contributed by atoms with Crippen LogP contribution in [-0.4, -0.2) is 42.6 Å². The second kappa shape index (κ2) is 7.64. The Bertz CT molecular complexity index is 499. The molecule has 21 heavy (non-hydrogen) atoms. The third-order valence-electron chi connectivity index (χ3n) is 3.42. The Hall–Kier alpha value is -2.08. The van der Waals surface area contributed by atoms with Crippen molar-refractivity contribution in [1.29, 1.82) is 0 Å². The summed E-state index contributed by atoms with van der Waals surface area (Å²) >= 11 is 0. The summed E-state index contributed by atoms with van der Waals surface area (Å²) in [6, 6.07) is 6.14. The van der Waals surface area contributed by atoms with E-state index < -0.39 is 0 Å². The van der Waals surface area contributed by atoms with Crippen LogP contribution < -0.4 is 16.0 Å².